The van der Waals surface area contributed by atoms with Crippen molar-refractivity contribution in [2.24, 2.45) is 5.92 Å². The number of halogens is 1. The molecule has 1 aliphatic rings. The van der Waals surface area contributed by atoms with E-state index in [2.05, 4.69) is 33.9 Å². The third kappa shape index (κ3) is 5.88. The summed E-state index contributed by atoms with van der Waals surface area (Å²) in [5.41, 5.74) is 3.06. The van der Waals surface area contributed by atoms with Crippen molar-refractivity contribution in [2.75, 3.05) is 44.2 Å². The third-order valence-electron chi connectivity index (χ3n) is 6.97. The molecule has 1 aliphatic heterocycles. The summed E-state index contributed by atoms with van der Waals surface area (Å²) in [4.78, 5) is 33.9. The number of nitrogens with zero attached hydrogens (tertiary/aromatic N) is 2. The second kappa shape index (κ2) is 11.7. The van der Waals surface area contributed by atoms with Crippen molar-refractivity contribution in [3.05, 3.63) is 63.9 Å². The summed E-state index contributed by atoms with van der Waals surface area (Å²) < 4.78 is 0. The Labute approximate surface area is 212 Å². The third-order valence-corrected chi connectivity index (χ3v) is 7.20. The first-order valence-electron chi connectivity index (χ1n) is 12.7. The van der Waals surface area contributed by atoms with E-state index in [0.29, 0.717) is 23.8 Å². The number of fused-ring (bicyclic) bond motifs is 1. The molecule has 186 valence electrons. The number of aromatic amines is 1. The zero-order valence-electron chi connectivity index (χ0n) is 20.6. The van der Waals surface area contributed by atoms with Crippen molar-refractivity contribution >= 4 is 34.1 Å². The van der Waals surface area contributed by atoms with Gasteiger partial charge in [-0.3, -0.25) is 9.59 Å². The van der Waals surface area contributed by atoms with E-state index < -0.39 is 0 Å². The van der Waals surface area contributed by atoms with Gasteiger partial charge in [0.25, 0.3) is 5.56 Å². The lowest BCUT2D eigenvalue weighted by molar-refractivity contribution is -0.125. The van der Waals surface area contributed by atoms with Crippen LogP contribution in [-0.4, -0.2) is 55.1 Å². The Morgan fingerprint density at radius 3 is 2.69 bits per heavy atom. The van der Waals surface area contributed by atoms with Gasteiger partial charge < -0.3 is 20.1 Å². The largest absolute Gasteiger partial charge is 0.366 e. The molecule has 1 aromatic heterocycles. The zero-order chi connectivity index (χ0) is 24.8. The van der Waals surface area contributed by atoms with E-state index in [1.54, 1.807) is 6.07 Å². The number of carbonyl (C=O) groups excluding carboxylic acids is 1. The fraction of sp³-hybridized carbons (Fsp3) is 0.429. The van der Waals surface area contributed by atoms with Crippen molar-refractivity contribution in [1.82, 2.24) is 15.2 Å². The number of H-pyrrole nitrogens is 1. The molecule has 1 atom stereocenters. The van der Waals surface area contributed by atoms with Gasteiger partial charge in [-0.05, 0) is 62.7 Å². The van der Waals surface area contributed by atoms with E-state index in [9.17, 15) is 9.59 Å². The van der Waals surface area contributed by atoms with Gasteiger partial charge in [0.2, 0.25) is 5.91 Å². The summed E-state index contributed by atoms with van der Waals surface area (Å²) in [6.07, 6.45) is 2.63. The van der Waals surface area contributed by atoms with Gasteiger partial charge in [-0.15, -0.1) is 0 Å². The van der Waals surface area contributed by atoms with E-state index in [1.165, 1.54) is 0 Å². The van der Waals surface area contributed by atoms with Gasteiger partial charge in [-0.1, -0.05) is 55.8 Å². The number of piperidine rings is 1. The highest BCUT2D eigenvalue weighted by Gasteiger charge is 2.29. The van der Waals surface area contributed by atoms with E-state index >= 15 is 0 Å². The quantitative estimate of drug-likeness (QED) is 0.414. The smallest absolute Gasteiger partial charge is 0.272 e. The number of amides is 1. The van der Waals surface area contributed by atoms with E-state index in [-0.39, 0.29) is 17.4 Å². The number of benzene rings is 2. The maximum Gasteiger partial charge on any atom is 0.272 e. The number of hydrogen-bond donors (Lipinski definition) is 2. The second-order valence-electron chi connectivity index (χ2n) is 9.19. The summed E-state index contributed by atoms with van der Waals surface area (Å²) in [6.45, 7) is 9.29. The van der Waals surface area contributed by atoms with Crippen LogP contribution in [0.3, 0.4) is 0 Å². The standard InChI is InChI=1S/C28H35ClN4O2/c1-3-32(4-2)16-9-15-30-27(34)21-12-8-17-33(19-21)26-25(20-10-6-5-7-11-20)23-18-22(29)13-14-24(23)31-28(26)35/h5-7,10-11,13-14,18,21H,3-4,8-9,12,15-17,19H2,1-2H3,(H,30,34)(H,31,35)/t21-/m1/s1. The van der Waals surface area contributed by atoms with Crippen LogP contribution in [-0.2, 0) is 4.79 Å². The second-order valence-corrected chi connectivity index (χ2v) is 9.63. The van der Waals surface area contributed by atoms with Crippen molar-refractivity contribution in [3.63, 3.8) is 0 Å². The predicted molar refractivity (Wildman–Crippen MR) is 145 cm³/mol. The molecule has 0 radical (unpaired) electrons. The summed E-state index contributed by atoms with van der Waals surface area (Å²) >= 11 is 6.36. The molecule has 3 aromatic rings. The fourth-order valence-corrected chi connectivity index (χ4v) is 5.22. The molecule has 0 bridgehead atoms. The van der Waals surface area contributed by atoms with Gasteiger partial charge in [0.15, 0.2) is 0 Å². The Morgan fingerprint density at radius 2 is 1.94 bits per heavy atom. The average molecular weight is 495 g/mol. The maximum atomic E-state index is 13.4. The molecule has 7 heteroatoms. The highest BCUT2D eigenvalue weighted by atomic mass is 35.5. The topological polar surface area (TPSA) is 68.4 Å². The van der Waals surface area contributed by atoms with Crippen LogP contribution in [0.5, 0.6) is 0 Å². The highest BCUT2D eigenvalue weighted by Crippen LogP contribution is 2.37. The van der Waals surface area contributed by atoms with Gasteiger partial charge in [0.1, 0.15) is 5.69 Å². The van der Waals surface area contributed by atoms with Crippen LogP contribution in [0.15, 0.2) is 53.3 Å². The highest BCUT2D eigenvalue weighted by molar-refractivity contribution is 6.31. The van der Waals surface area contributed by atoms with E-state index in [4.69, 9.17) is 11.6 Å². The molecule has 4 rings (SSSR count). The minimum absolute atomic E-state index is 0.0794. The minimum atomic E-state index is -0.143. The number of hydrogen-bond acceptors (Lipinski definition) is 4. The molecule has 2 heterocycles. The van der Waals surface area contributed by atoms with Crippen molar-refractivity contribution in [2.45, 2.75) is 33.1 Å². The molecule has 0 unspecified atom stereocenters. The van der Waals surface area contributed by atoms with Crippen LogP contribution in [0, 0.1) is 5.92 Å². The maximum absolute atomic E-state index is 13.4. The van der Waals surface area contributed by atoms with Gasteiger partial charge in [0, 0.05) is 41.1 Å². The summed E-state index contributed by atoms with van der Waals surface area (Å²) in [5, 5.41) is 4.65. The molecule has 1 saturated heterocycles. The molecule has 2 aromatic carbocycles. The van der Waals surface area contributed by atoms with Crippen molar-refractivity contribution in [3.8, 4) is 11.1 Å². The average Bonchev–Trinajstić information content (AvgIpc) is 2.88. The SMILES string of the molecule is CCN(CC)CCCNC(=O)[C@@H]1CCCN(c2c(-c3ccccc3)c3cc(Cl)ccc3[nH]c2=O)C1. The number of anilines is 1. The van der Waals surface area contributed by atoms with Crippen LogP contribution in [0.4, 0.5) is 5.69 Å². The van der Waals surface area contributed by atoms with Gasteiger partial charge in [-0.2, -0.15) is 0 Å². The number of pyridine rings is 1. The molecule has 0 spiro atoms. The van der Waals surface area contributed by atoms with Gasteiger partial charge in [0.05, 0.1) is 5.92 Å². The molecular weight excluding hydrogens is 460 g/mol. The van der Waals surface area contributed by atoms with Crippen molar-refractivity contribution in [1.29, 1.82) is 0 Å². The number of carbonyl (C=O) groups is 1. The Kier molecular flexibility index (Phi) is 8.47. The number of aromatic nitrogens is 1. The normalized spacial score (nSPS) is 16.1. The Hall–Kier alpha value is -2.83. The van der Waals surface area contributed by atoms with E-state index in [1.807, 2.05) is 42.5 Å². The van der Waals surface area contributed by atoms with Crippen LogP contribution < -0.4 is 15.8 Å². The summed E-state index contributed by atoms with van der Waals surface area (Å²) in [5.74, 6) is -0.0638. The lowest BCUT2D eigenvalue weighted by atomic mass is 9.94. The van der Waals surface area contributed by atoms with Gasteiger partial charge >= 0.3 is 0 Å². The van der Waals surface area contributed by atoms with Crippen LogP contribution >= 0.6 is 11.6 Å². The van der Waals surface area contributed by atoms with Crippen LogP contribution in [0.1, 0.15) is 33.1 Å². The number of nitrogens with one attached hydrogen (secondary N) is 2. The van der Waals surface area contributed by atoms with E-state index in [0.717, 1.165) is 67.5 Å². The Morgan fingerprint density at radius 1 is 1.17 bits per heavy atom. The molecule has 6 nitrogen and oxygen atoms in total. The molecule has 0 aliphatic carbocycles. The zero-order valence-corrected chi connectivity index (χ0v) is 21.4. The van der Waals surface area contributed by atoms with Crippen molar-refractivity contribution < 1.29 is 4.79 Å². The first-order chi connectivity index (χ1) is 17.0. The molecular formula is C28H35ClN4O2. The minimum Gasteiger partial charge on any atom is -0.366 e. The molecule has 1 fully saturated rings. The number of rotatable bonds is 9. The van der Waals surface area contributed by atoms with Crippen LogP contribution in [0.25, 0.3) is 22.0 Å². The van der Waals surface area contributed by atoms with Crippen LogP contribution in [0.2, 0.25) is 5.02 Å². The molecule has 35 heavy (non-hydrogen) atoms. The lowest BCUT2D eigenvalue weighted by Gasteiger charge is -2.34. The summed E-state index contributed by atoms with van der Waals surface area (Å²) in [7, 11) is 0. The lowest BCUT2D eigenvalue weighted by Crippen LogP contribution is -2.45. The molecule has 2 N–H and O–H groups in total. The summed E-state index contributed by atoms with van der Waals surface area (Å²) in [6, 6.07) is 15.5. The Balaban J connectivity index is 1.59. The van der Waals surface area contributed by atoms with Gasteiger partial charge in [-0.25, -0.2) is 0 Å². The first kappa shape index (κ1) is 25.3. The monoisotopic (exact) mass is 494 g/mol. The first-order valence-corrected chi connectivity index (χ1v) is 13.1. The fourth-order valence-electron chi connectivity index (χ4n) is 5.05. The molecule has 0 saturated carbocycles. The predicted octanol–water partition coefficient (Wildman–Crippen LogP) is 4.91. The Bertz CT molecular complexity index is 1210. The molecule has 1 amide bonds.